The van der Waals surface area contributed by atoms with E-state index < -0.39 is 12.1 Å². The second-order valence-corrected chi connectivity index (χ2v) is 4.49. The quantitative estimate of drug-likeness (QED) is 0.742. The Balaban J connectivity index is 2.19. The maximum absolute atomic E-state index is 11.5. The Bertz CT molecular complexity index is 516. The van der Waals surface area contributed by atoms with Crippen molar-refractivity contribution in [2.45, 2.75) is 25.5 Å². The lowest BCUT2D eigenvalue weighted by molar-refractivity contribution is -0.123. The fourth-order valence-electron chi connectivity index (χ4n) is 1.88. The molecule has 4 N–H and O–H groups in total. The number of amides is 2. The molecule has 0 radical (unpaired) electrons. The van der Waals surface area contributed by atoms with E-state index in [9.17, 15) is 9.59 Å². The first-order chi connectivity index (χ1) is 9.01. The SMILES string of the molecule is CNC(=O)CC(N)c1ccc2c(c1)NC(=O)C(C)O2. The summed E-state index contributed by atoms with van der Waals surface area (Å²) in [6.07, 6.45) is -0.307. The molecule has 1 aliphatic rings. The third kappa shape index (κ3) is 2.85. The maximum Gasteiger partial charge on any atom is 0.265 e. The molecule has 1 aromatic carbocycles. The lowest BCUT2D eigenvalue weighted by atomic mass is 10.0. The molecule has 0 aromatic heterocycles. The summed E-state index contributed by atoms with van der Waals surface area (Å²) in [5.74, 6) is 0.298. The van der Waals surface area contributed by atoms with Crippen LogP contribution in [-0.4, -0.2) is 25.0 Å². The van der Waals surface area contributed by atoms with Gasteiger partial charge in [0.25, 0.3) is 5.91 Å². The van der Waals surface area contributed by atoms with E-state index in [0.717, 1.165) is 5.56 Å². The van der Waals surface area contributed by atoms with Crippen LogP contribution >= 0.6 is 0 Å². The normalized spacial score (nSPS) is 18.9. The van der Waals surface area contributed by atoms with Crippen molar-refractivity contribution in [2.24, 2.45) is 5.73 Å². The molecule has 2 atom stereocenters. The van der Waals surface area contributed by atoms with Crippen molar-refractivity contribution in [3.63, 3.8) is 0 Å². The second-order valence-electron chi connectivity index (χ2n) is 4.49. The fourth-order valence-corrected chi connectivity index (χ4v) is 1.88. The van der Waals surface area contributed by atoms with Gasteiger partial charge in [-0.15, -0.1) is 0 Å². The number of carbonyl (C=O) groups is 2. The zero-order chi connectivity index (χ0) is 14.0. The van der Waals surface area contributed by atoms with Crippen LogP contribution in [0.25, 0.3) is 0 Å². The molecule has 0 fully saturated rings. The van der Waals surface area contributed by atoms with Crippen LogP contribution in [0.5, 0.6) is 5.75 Å². The molecule has 6 nitrogen and oxygen atoms in total. The second kappa shape index (κ2) is 5.27. The molecular weight excluding hydrogens is 246 g/mol. The first-order valence-corrected chi connectivity index (χ1v) is 6.09. The zero-order valence-electron chi connectivity index (χ0n) is 10.9. The van der Waals surface area contributed by atoms with Crippen LogP contribution in [0.15, 0.2) is 18.2 Å². The molecule has 2 rings (SSSR count). The monoisotopic (exact) mass is 263 g/mol. The number of rotatable bonds is 3. The molecule has 19 heavy (non-hydrogen) atoms. The summed E-state index contributed by atoms with van der Waals surface area (Å²) in [5, 5.41) is 5.28. The van der Waals surface area contributed by atoms with E-state index in [1.165, 1.54) is 0 Å². The van der Waals surface area contributed by atoms with Gasteiger partial charge >= 0.3 is 0 Å². The number of anilines is 1. The summed E-state index contributed by atoms with van der Waals surface area (Å²) in [6.45, 7) is 1.68. The molecule has 1 aliphatic heterocycles. The Morgan fingerprint density at radius 1 is 1.58 bits per heavy atom. The van der Waals surface area contributed by atoms with Crippen LogP contribution in [0.4, 0.5) is 5.69 Å². The van der Waals surface area contributed by atoms with Crippen LogP contribution in [-0.2, 0) is 9.59 Å². The van der Waals surface area contributed by atoms with Crippen molar-refractivity contribution >= 4 is 17.5 Å². The van der Waals surface area contributed by atoms with Gasteiger partial charge in [-0.3, -0.25) is 9.59 Å². The average molecular weight is 263 g/mol. The number of hydrogen-bond donors (Lipinski definition) is 3. The van der Waals surface area contributed by atoms with Gasteiger partial charge in [-0.1, -0.05) is 6.07 Å². The largest absolute Gasteiger partial charge is 0.479 e. The third-order valence-electron chi connectivity index (χ3n) is 3.05. The van der Waals surface area contributed by atoms with Gasteiger partial charge in [-0.2, -0.15) is 0 Å². The molecule has 0 saturated heterocycles. The highest BCUT2D eigenvalue weighted by Gasteiger charge is 2.24. The number of carbonyl (C=O) groups excluding carboxylic acids is 2. The zero-order valence-corrected chi connectivity index (χ0v) is 10.9. The van der Waals surface area contributed by atoms with Gasteiger partial charge < -0.3 is 21.1 Å². The summed E-state index contributed by atoms with van der Waals surface area (Å²) in [7, 11) is 1.57. The van der Waals surface area contributed by atoms with Crippen molar-refractivity contribution in [1.29, 1.82) is 0 Å². The number of nitrogens with two attached hydrogens (primary N) is 1. The number of fused-ring (bicyclic) bond motifs is 1. The van der Waals surface area contributed by atoms with Gasteiger partial charge in [-0.05, 0) is 24.6 Å². The molecule has 0 aliphatic carbocycles. The molecule has 2 unspecified atom stereocenters. The third-order valence-corrected chi connectivity index (χ3v) is 3.05. The van der Waals surface area contributed by atoms with Crippen LogP contribution in [0, 0.1) is 0 Å². The van der Waals surface area contributed by atoms with Crippen molar-refractivity contribution in [3.05, 3.63) is 23.8 Å². The highest BCUT2D eigenvalue weighted by Crippen LogP contribution is 2.32. The Kier molecular flexibility index (Phi) is 3.71. The van der Waals surface area contributed by atoms with Gasteiger partial charge in [0.2, 0.25) is 5.91 Å². The van der Waals surface area contributed by atoms with Gasteiger partial charge in [-0.25, -0.2) is 0 Å². The predicted octanol–water partition coefficient (Wildman–Crippen LogP) is 0.542. The summed E-state index contributed by atoms with van der Waals surface area (Å²) in [6, 6.07) is 4.88. The number of ether oxygens (including phenoxy) is 1. The van der Waals surface area contributed by atoms with E-state index in [1.807, 2.05) is 0 Å². The van der Waals surface area contributed by atoms with Crippen molar-refractivity contribution < 1.29 is 14.3 Å². The smallest absolute Gasteiger partial charge is 0.265 e. The van der Waals surface area contributed by atoms with Crippen LogP contribution in [0.2, 0.25) is 0 Å². The lowest BCUT2D eigenvalue weighted by Gasteiger charge is -2.24. The Morgan fingerprint density at radius 2 is 2.32 bits per heavy atom. The highest BCUT2D eigenvalue weighted by molar-refractivity contribution is 5.97. The Morgan fingerprint density at radius 3 is 3.00 bits per heavy atom. The van der Waals surface area contributed by atoms with Crippen LogP contribution in [0.3, 0.4) is 0 Å². The minimum absolute atomic E-state index is 0.126. The van der Waals surface area contributed by atoms with Crippen molar-refractivity contribution in [3.8, 4) is 5.75 Å². The summed E-state index contributed by atoms with van der Waals surface area (Å²) >= 11 is 0. The Hall–Kier alpha value is -2.08. The molecule has 0 spiro atoms. The summed E-state index contributed by atoms with van der Waals surface area (Å²) in [5.41, 5.74) is 7.32. The fraction of sp³-hybridized carbons (Fsp3) is 0.385. The molecule has 6 heteroatoms. The predicted molar refractivity (Wildman–Crippen MR) is 70.8 cm³/mol. The average Bonchev–Trinajstić information content (AvgIpc) is 2.39. The molecule has 0 bridgehead atoms. The minimum atomic E-state index is -0.502. The van der Waals surface area contributed by atoms with Gasteiger partial charge in [0.05, 0.1) is 5.69 Å². The minimum Gasteiger partial charge on any atom is -0.479 e. The van der Waals surface area contributed by atoms with Crippen LogP contribution in [0.1, 0.15) is 24.9 Å². The first kappa shape index (κ1) is 13.4. The summed E-state index contributed by atoms with van der Waals surface area (Å²) < 4.78 is 5.45. The van der Waals surface area contributed by atoms with E-state index >= 15 is 0 Å². The molecule has 2 amide bonds. The highest BCUT2D eigenvalue weighted by atomic mass is 16.5. The van der Waals surface area contributed by atoms with E-state index in [4.69, 9.17) is 10.5 Å². The molecule has 1 heterocycles. The maximum atomic E-state index is 11.5. The molecule has 102 valence electrons. The molecule has 0 saturated carbocycles. The van der Waals surface area contributed by atoms with E-state index in [0.29, 0.717) is 11.4 Å². The summed E-state index contributed by atoms with van der Waals surface area (Å²) in [4.78, 5) is 22.8. The molecule has 1 aromatic rings. The van der Waals surface area contributed by atoms with E-state index in [-0.39, 0.29) is 18.2 Å². The Labute approximate surface area is 111 Å². The molecular formula is C13H17N3O3. The van der Waals surface area contributed by atoms with Crippen molar-refractivity contribution in [1.82, 2.24) is 5.32 Å². The first-order valence-electron chi connectivity index (χ1n) is 6.09. The van der Waals surface area contributed by atoms with Gasteiger partial charge in [0, 0.05) is 19.5 Å². The number of hydrogen-bond acceptors (Lipinski definition) is 4. The van der Waals surface area contributed by atoms with Gasteiger partial charge in [0.1, 0.15) is 5.75 Å². The van der Waals surface area contributed by atoms with Crippen molar-refractivity contribution in [2.75, 3.05) is 12.4 Å². The van der Waals surface area contributed by atoms with E-state index in [2.05, 4.69) is 10.6 Å². The standard InChI is InChI=1S/C13H17N3O3/c1-7-13(18)16-10-5-8(3-4-11(10)19-7)9(14)6-12(17)15-2/h3-5,7,9H,6,14H2,1-2H3,(H,15,17)(H,16,18). The number of nitrogens with one attached hydrogen (secondary N) is 2. The number of benzene rings is 1. The van der Waals surface area contributed by atoms with E-state index in [1.54, 1.807) is 32.2 Å². The topological polar surface area (TPSA) is 93.5 Å². The van der Waals surface area contributed by atoms with Crippen LogP contribution < -0.4 is 21.1 Å². The van der Waals surface area contributed by atoms with Gasteiger partial charge in [0.15, 0.2) is 6.10 Å². The lowest BCUT2D eigenvalue weighted by Crippen LogP contribution is -2.34.